The Kier molecular flexibility index (Phi) is 7.65. The van der Waals surface area contributed by atoms with Crippen molar-refractivity contribution in [1.82, 2.24) is 9.80 Å². The van der Waals surface area contributed by atoms with E-state index in [2.05, 4.69) is 36.1 Å². The number of hydrogen-bond acceptors (Lipinski definition) is 3. The number of likely N-dealkylation sites (tertiary alicyclic amines) is 1. The Morgan fingerprint density at radius 2 is 1.43 bits per heavy atom. The average molecular weight is 491 g/mol. The van der Waals surface area contributed by atoms with Gasteiger partial charge in [0, 0.05) is 43.8 Å². The lowest BCUT2D eigenvalue weighted by Gasteiger charge is -2.44. The number of amides is 1. The third kappa shape index (κ3) is 5.02. The van der Waals surface area contributed by atoms with E-state index in [0.717, 1.165) is 29.8 Å². The number of rotatable bonds is 7. The largest absolute Gasteiger partial charge is 0.385 e. The Balaban J connectivity index is 1.64. The van der Waals surface area contributed by atoms with Gasteiger partial charge in [-0.2, -0.15) is 0 Å². The highest BCUT2D eigenvalue weighted by molar-refractivity contribution is 6.31. The molecule has 0 aliphatic carbocycles. The van der Waals surface area contributed by atoms with Gasteiger partial charge in [0.15, 0.2) is 0 Å². The van der Waals surface area contributed by atoms with Gasteiger partial charge in [0.1, 0.15) is 5.41 Å². The number of carbonyl (C=O) groups is 1. The summed E-state index contributed by atoms with van der Waals surface area (Å²) in [5.41, 5.74) is 1.08. The monoisotopic (exact) mass is 490 g/mol. The van der Waals surface area contributed by atoms with E-state index in [1.165, 1.54) is 0 Å². The van der Waals surface area contributed by atoms with Crippen molar-refractivity contribution in [3.63, 3.8) is 0 Å². The molecule has 3 aromatic carbocycles. The van der Waals surface area contributed by atoms with Crippen molar-refractivity contribution in [2.24, 2.45) is 0 Å². The molecule has 1 saturated heterocycles. The molecule has 0 radical (unpaired) electrons. The molecule has 1 aliphatic heterocycles. The maximum Gasteiger partial charge on any atom is 0.237 e. The second-order valence-electron chi connectivity index (χ2n) is 9.94. The Morgan fingerprint density at radius 3 is 1.91 bits per heavy atom. The van der Waals surface area contributed by atoms with Crippen LogP contribution in [0.1, 0.15) is 42.9 Å². The predicted molar refractivity (Wildman–Crippen MR) is 143 cm³/mol. The van der Waals surface area contributed by atoms with Crippen LogP contribution in [0.15, 0.2) is 84.9 Å². The minimum absolute atomic E-state index is 0.0753. The fraction of sp³-hybridized carbons (Fsp3) is 0.367. The Bertz CT molecular complexity index is 1090. The molecule has 35 heavy (non-hydrogen) atoms. The molecule has 4 rings (SSSR count). The number of carbonyl (C=O) groups excluding carboxylic acids is 1. The first-order chi connectivity index (χ1) is 16.8. The lowest BCUT2D eigenvalue weighted by Crippen LogP contribution is -2.52. The third-order valence-electron chi connectivity index (χ3n) is 7.53. The zero-order valence-corrected chi connectivity index (χ0v) is 21.6. The van der Waals surface area contributed by atoms with Gasteiger partial charge in [-0.3, -0.25) is 4.79 Å². The maximum absolute atomic E-state index is 14.0. The average Bonchev–Trinajstić information content (AvgIpc) is 2.88. The minimum atomic E-state index is -0.927. The van der Waals surface area contributed by atoms with Crippen LogP contribution in [0.25, 0.3) is 0 Å². The highest BCUT2D eigenvalue weighted by atomic mass is 35.5. The van der Waals surface area contributed by atoms with E-state index in [1.54, 1.807) is 4.90 Å². The summed E-state index contributed by atoms with van der Waals surface area (Å²) in [5, 5.41) is 12.0. The van der Waals surface area contributed by atoms with Crippen LogP contribution in [0.3, 0.4) is 0 Å². The second-order valence-corrected chi connectivity index (χ2v) is 10.3. The van der Waals surface area contributed by atoms with Crippen LogP contribution >= 0.6 is 11.6 Å². The van der Waals surface area contributed by atoms with Gasteiger partial charge in [-0.1, -0.05) is 90.5 Å². The van der Waals surface area contributed by atoms with Crippen LogP contribution in [0.5, 0.6) is 0 Å². The molecule has 0 aromatic heterocycles. The van der Waals surface area contributed by atoms with Crippen molar-refractivity contribution < 1.29 is 9.90 Å². The van der Waals surface area contributed by atoms with Crippen LogP contribution < -0.4 is 0 Å². The summed E-state index contributed by atoms with van der Waals surface area (Å²) in [7, 11) is 3.66. The van der Waals surface area contributed by atoms with Crippen molar-refractivity contribution >= 4 is 17.5 Å². The fourth-order valence-corrected chi connectivity index (χ4v) is 5.89. The van der Waals surface area contributed by atoms with Crippen LogP contribution in [0.4, 0.5) is 0 Å². The molecule has 1 heterocycles. The molecule has 4 nitrogen and oxygen atoms in total. The lowest BCUT2D eigenvalue weighted by molar-refractivity contribution is -0.134. The number of benzene rings is 3. The number of likely N-dealkylation sites (N-methyl/N-ethyl adjacent to an activating group) is 1. The molecule has 184 valence electrons. The van der Waals surface area contributed by atoms with Gasteiger partial charge in [-0.15, -0.1) is 0 Å². The molecule has 0 saturated carbocycles. The molecule has 5 heteroatoms. The molecule has 1 fully saturated rings. The molecule has 1 amide bonds. The van der Waals surface area contributed by atoms with Crippen LogP contribution in [0.2, 0.25) is 5.02 Å². The first kappa shape index (κ1) is 25.4. The number of aliphatic hydroxyl groups is 1. The van der Waals surface area contributed by atoms with Crippen molar-refractivity contribution in [1.29, 1.82) is 0 Å². The SMILES string of the molecule is CC(CC(C(=O)N(C)C)(c1ccccc1)c1ccccc1)N1CCC(O)(c2ccccc2Cl)CC1. The van der Waals surface area contributed by atoms with E-state index in [1.807, 2.05) is 74.8 Å². The highest BCUT2D eigenvalue weighted by Crippen LogP contribution is 2.41. The summed E-state index contributed by atoms with van der Waals surface area (Å²) in [5.74, 6) is 0.0753. The molecule has 3 aromatic rings. The molecule has 0 spiro atoms. The topological polar surface area (TPSA) is 43.8 Å². The molecular formula is C30H35ClN2O2. The van der Waals surface area contributed by atoms with Gasteiger partial charge in [0.2, 0.25) is 5.91 Å². The summed E-state index contributed by atoms with van der Waals surface area (Å²) in [6.45, 7) is 3.67. The van der Waals surface area contributed by atoms with Gasteiger partial charge in [-0.05, 0) is 43.4 Å². The molecule has 0 bridgehead atoms. The summed E-state index contributed by atoms with van der Waals surface area (Å²) >= 11 is 6.42. The van der Waals surface area contributed by atoms with Crippen LogP contribution in [-0.2, 0) is 15.8 Å². The zero-order valence-electron chi connectivity index (χ0n) is 20.8. The van der Waals surface area contributed by atoms with E-state index >= 15 is 0 Å². The number of piperidine rings is 1. The highest BCUT2D eigenvalue weighted by Gasteiger charge is 2.46. The number of hydrogen-bond donors (Lipinski definition) is 1. The van der Waals surface area contributed by atoms with Crippen molar-refractivity contribution in [2.75, 3.05) is 27.2 Å². The second kappa shape index (κ2) is 10.5. The normalized spacial score (nSPS) is 17.1. The number of nitrogens with zero attached hydrogens (tertiary/aromatic N) is 2. The molecule has 1 unspecified atom stereocenters. The van der Waals surface area contributed by atoms with Gasteiger partial charge >= 0.3 is 0 Å². The smallest absolute Gasteiger partial charge is 0.237 e. The van der Waals surface area contributed by atoms with Gasteiger partial charge in [0.05, 0.1) is 5.60 Å². The Hall–Kier alpha value is -2.66. The van der Waals surface area contributed by atoms with E-state index in [0.29, 0.717) is 24.3 Å². The quantitative estimate of drug-likeness (QED) is 0.477. The zero-order chi connectivity index (χ0) is 25.1. The minimum Gasteiger partial charge on any atom is -0.385 e. The predicted octanol–water partition coefficient (Wildman–Crippen LogP) is 5.48. The Morgan fingerprint density at radius 1 is 0.943 bits per heavy atom. The van der Waals surface area contributed by atoms with Crippen molar-refractivity contribution in [3.05, 3.63) is 107 Å². The van der Waals surface area contributed by atoms with E-state index in [9.17, 15) is 9.90 Å². The summed E-state index contributed by atoms with van der Waals surface area (Å²) in [6.07, 6.45) is 1.85. The summed E-state index contributed by atoms with van der Waals surface area (Å²) in [6, 6.07) is 27.9. The maximum atomic E-state index is 14.0. The fourth-order valence-electron chi connectivity index (χ4n) is 5.58. The lowest BCUT2D eigenvalue weighted by atomic mass is 9.69. The standard InChI is InChI=1S/C30H35ClN2O2/c1-23(33-20-18-29(35,19-21-33)26-16-10-11-17-27(26)31)22-30(28(34)32(2)3,24-12-6-4-7-13-24)25-14-8-5-9-15-25/h4-17,23,35H,18-22H2,1-3H3. The number of halogens is 1. The van der Waals surface area contributed by atoms with Crippen molar-refractivity contribution in [3.8, 4) is 0 Å². The first-order valence-electron chi connectivity index (χ1n) is 12.3. The first-order valence-corrected chi connectivity index (χ1v) is 12.7. The molecule has 1 aliphatic rings. The van der Waals surface area contributed by atoms with Crippen molar-refractivity contribution in [2.45, 2.75) is 43.2 Å². The van der Waals surface area contributed by atoms with E-state index in [-0.39, 0.29) is 11.9 Å². The van der Waals surface area contributed by atoms with E-state index < -0.39 is 11.0 Å². The summed E-state index contributed by atoms with van der Waals surface area (Å²) < 4.78 is 0. The van der Waals surface area contributed by atoms with Crippen LogP contribution in [-0.4, -0.2) is 54.0 Å². The third-order valence-corrected chi connectivity index (χ3v) is 7.86. The molecule has 1 atom stereocenters. The van der Waals surface area contributed by atoms with Gasteiger partial charge in [0.25, 0.3) is 0 Å². The van der Waals surface area contributed by atoms with Gasteiger partial charge in [-0.25, -0.2) is 0 Å². The van der Waals surface area contributed by atoms with E-state index in [4.69, 9.17) is 11.6 Å². The Labute approximate surface area is 214 Å². The van der Waals surface area contributed by atoms with Crippen LogP contribution in [0, 0.1) is 0 Å². The molecule has 1 N–H and O–H groups in total. The summed E-state index contributed by atoms with van der Waals surface area (Å²) in [4.78, 5) is 18.1. The van der Waals surface area contributed by atoms with Gasteiger partial charge < -0.3 is 14.9 Å². The molecular weight excluding hydrogens is 456 g/mol.